The molecule has 0 saturated carbocycles. The highest BCUT2D eigenvalue weighted by Crippen LogP contribution is 2.22. The molecule has 0 unspecified atom stereocenters. The molecule has 0 amide bonds. The van der Waals surface area contributed by atoms with Crippen molar-refractivity contribution in [1.29, 1.82) is 0 Å². The Bertz CT molecular complexity index is 580. The van der Waals surface area contributed by atoms with Crippen molar-refractivity contribution in [2.75, 3.05) is 7.11 Å². The molecule has 1 heterocycles. The van der Waals surface area contributed by atoms with Crippen LogP contribution >= 0.6 is 15.9 Å². The second-order valence-corrected chi connectivity index (χ2v) is 4.77. The van der Waals surface area contributed by atoms with Gasteiger partial charge in [-0.25, -0.2) is 0 Å². The predicted molar refractivity (Wildman–Crippen MR) is 73.3 cm³/mol. The molecule has 0 spiro atoms. The van der Waals surface area contributed by atoms with Gasteiger partial charge in [0, 0.05) is 0 Å². The highest BCUT2D eigenvalue weighted by atomic mass is 79.9. The maximum absolute atomic E-state index is 10.7. The van der Waals surface area contributed by atoms with Gasteiger partial charge in [-0.3, -0.25) is 0 Å². The number of ether oxygens (including phenoxy) is 1. The first-order chi connectivity index (χ1) is 9.10. The summed E-state index contributed by atoms with van der Waals surface area (Å²) in [7, 11) is 1.62. The Balaban J connectivity index is 2.01. The Hall–Kier alpha value is -1.89. The van der Waals surface area contributed by atoms with Crippen LogP contribution < -0.4 is 4.74 Å². The number of aromatic nitrogens is 2. The fourth-order valence-corrected chi connectivity index (χ4v) is 2.12. The maximum atomic E-state index is 10.7. The number of hydrogen-bond acceptors (Lipinski definition) is 4. The summed E-state index contributed by atoms with van der Waals surface area (Å²) in [6, 6.07) is 7.70. The molecular formula is C12H12BrN3O3. The van der Waals surface area contributed by atoms with Gasteiger partial charge in [-0.15, -0.1) is 0 Å². The topological polar surface area (TPSA) is 70.2 Å². The van der Waals surface area contributed by atoms with Crippen molar-refractivity contribution >= 4 is 21.7 Å². The highest BCUT2D eigenvalue weighted by Gasteiger charge is 2.18. The number of nitrogens with zero attached hydrogens (tertiary/aromatic N) is 3. The van der Waals surface area contributed by atoms with Crippen LogP contribution in [0.3, 0.4) is 0 Å². The van der Waals surface area contributed by atoms with E-state index in [1.165, 1.54) is 0 Å². The van der Waals surface area contributed by atoms with Crippen molar-refractivity contribution in [1.82, 2.24) is 9.78 Å². The normalized spacial score (nSPS) is 10.4. The minimum absolute atomic E-state index is 0.158. The number of aryl methyl sites for hydroxylation is 2. The first kappa shape index (κ1) is 13.5. The molecule has 0 aliphatic carbocycles. The molecule has 0 N–H and O–H groups in total. The first-order valence-electron chi connectivity index (χ1n) is 5.60. The number of methoxy groups -OCH3 is 1. The Morgan fingerprint density at radius 3 is 2.63 bits per heavy atom. The van der Waals surface area contributed by atoms with Gasteiger partial charge in [-0.2, -0.15) is 4.68 Å². The van der Waals surface area contributed by atoms with Gasteiger partial charge < -0.3 is 14.9 Å². The molecule has 1 aromatic carbocycles. The smallest absolute Gasteiger partial charge is 0.404 e. The van der Waals surface area contributed by atoms with Crippen LogP contribution in [0.5, 0.6) is 5.75 Å². The third-order valence-corrected chi connectivity index (χ3v) is 3.22. The van der Waals surface area contributed by atoms with E-state index in [-0.39, 0.29) is 5.82 Å². The van der Waals surface area contributed by atoms with Crippen molar-refractivity contribution < 1.29 is 9.66 Å². The SMILES string of the molecule is COc1ccc(CCn2cc(Br)c([N+](=O)[O-])n2)cc1. The second kappa shape index (κ2) is 5.83. The van der Waals surface area contributed by atoms with E-state index >= 15 is 0 Å². The molecular weight excluding hydrogens is 314 g/mol. The van der Waals surface area contributed by atoms with Crippen LogP contribution in [0.15, 0.2) is 34.9 Å². The summed E-state index contributed by atoms with van der Waals surface area (Å²) in [4.78, 5) is 10.2. The number of hydrogen-bond donors (Lipinski definition) is 0. The van der Waals surface area contributed by atoms with Gasteiger partial charge in [-0.05, 0) is 45.0 Å². The zero-order valence-corrected chi connectivity index (χ0v) is 11.8. The Labute approximate surface area is 118 Å². The van der Waals surface area contributed by atoms with E-state index in [1.54, 1.807) is 18.0 Å². The van der Waals surface area contributed by atoms with Gasteiger partial charge in [0.05, 0.1) is 25.0 Å². The van der Waals surface area contributed by atoms with Crippen LogP contribution in [0.25, 0.3) is 0 Å². The quantitative estimate of drug-likeness (QED) is 0.626. The monoisotopic (exact) mass is 325 g/mol. The van der Waals surface area contributed by atoms with E-state index in [9.17, 15) is 10.1 Å². The lowest BCUT2D eigenvalue weighted by Gasteiger charge is -2.02. The fourth-order valence-electron chi connectivity index (χ4n) is 1.66. The Kier molecular flexibility index (Phi) is 4.16. The summed E-state index contributed by atoms with van der Waals surface area (Å²) in [5.41, 5.74) is 1.12. The average molecular weight is 326 g/mol. The summed E-state index contributed by atoms with van der Waals surface area (Å²) in [6.07, 6.45) is 2.36. The van der Waals surface area contributed by atoms with E-state index in [0.717, 1.165) is 17.7 Å². The Morgan fingerprint density at radius 2 is 2.11 bits per heavy atom. The molecule has 1 aromatic heterocycles. The predicted octanol–water partition coefficient (Wildman–Crippen LogP) is 2.81. The molecule has 100 valence electrons. The van der Waals surface area contributed by atoms with Gasteiger partial charge in [0.25, 0.3) is 0 Å². The largest absolute Gasteiger partial charge is 0.497 e. The lowest BCUT2D eigenvalue weighted by Crippen LogP contribution is -2.02. The van der Waals surface area contributed by atoms with Gasteiger partial charge in [0.15, 0.2) is 0 Å². The molecule has 0 aliphatic heterocycles. The molecule has 0 bridgehead atoms. The molecule has 7 heteroatoms. The van der Waals surface area contributed by atoms with Crippen molar-refractivity contribution in [3.05, 3.63) is 50.6 Å². The van der Waals surface area contributed by atoms with Gasteiger partial charge in [0.2, 0.25) is 0 Å². The molecule has 19 heavy (non-hydrogen) atoms. The number of nitro groups is 1. The Morgan fingerprint density at radius 1 is 1.42 bits per heavy atom. The molecule has 0 radical (unpaired) electrons. The summed E-state index contributed by atoms with van der Waals surface area (Å²) >= 11 is 3.12. The maximum Gasteiger partial charge on any atom is 0.404 e. The lowest BCUT2D eigenvalue weighted by atomic mass is 10.1. The number of rotatable bonds is 5. The fraction of sp³-hybridized carbons (Fsp3) is 0.250. The third-order valence-electron chi connectivity index (χ3n) is 2.66. The summed E-state index contributed by atoms with van der Waals surface area (Å²) in [6.45, 7) is 0.582. The zero-order valence-electron chi connectivity index (χ0n) is 10.2. The number of benzene rings is 1. The minimum atomic E-state index is -0.506. The van der Waals surface area contributed by atoms with Crippen LogP contribution in [0.2, 0.25) is 0 Å². The van der Waals surface area contributed by atoms with E-state index in [2.05, 4.69) is 21.0 Å². The summed E-state index contributed by atoms with van der Waals surface area (Å²) in [5.74, 6) is 0.649. The van der Waals surface area contributed by atoms with Gasteiger partial charge in [0.1, 0.15) is 10.2 Å². The van der Waals surface area contributed by atoms with E-state index in [4.69, 9.17) is 4.74 Å². The van der Waals surface area contributed by atoms with Crippen LogP contribution in [0, 0.1) is 10.1 Å². The molecule has 0 aliphatic rings. The standard InChI is InChI=1S/C12H12BrN3O3/c1-19-10-4-2-9(3-5-10)6-7-15-8-11(13)12(14-15)16(17)18/h2-5,8H,6-7H2,1H3. The van der Waals surface area contributed by atoms with Crippen molar-refractivity contribution in [2.45, 2.75) is 13.0 Å². The van der Waals surface area contributed by atoms with Crippen LogP contribution in [-0.2, 0) is 13.0 Å². The number of halogens is 1. The summed E-state index contributed by atoms with van der Waals surface area (Å²) < 4.78 is 7.04. The lowest BCUT2D eigenvalue weighted by molar-refractivity contribution is -0.390. The van der Waals surface area contributed by atoms with E-state index in [0.29, 0.717) is 11.0 Å². The van der Waals surface area contributed by atoms with Gasteiger partial charge >= 0.3 is 5.82 Å². The molecule has 6 nitrogen and oxygen atoms in total. The van der Waals surface area contributed by atoms with Crippen molar-refractivity contribution in [2.24, 2.45) is 0 Å². The van der Waals surface area contributed by atoms with E-state index in [1.807, 2.05) is 24.3 Å². The zero-order chi connectivity index (χ0) is 13.8. The second-order valence-electron chi connectivity index (χ2n) is 3.92. The van der Waals surface area contributed by atoms with Crippen LogP contribution in [-0.4, -0.2) is 21.8 Å². The van der Waals surface area contributed by atoms with Crippen LogP contribution in [0.1, 0.15) is 5.56 Å². The van der Waals surface area contributed by atoms with Crippen molar-refractivity contribution in [3.63, 3.8) is 0 Å². The average Bonchev–Trinajstić information content (AvgIpc) is 2.78. The third kappa shape index (κ3) is 3.31. The van der Waals surface area contributed by atoms with Crippen LogP contribution in [0.4, 0.5) is 5.82 Å². The molecule has 0 saturated heterocycles. The summed E-state index contributed by atoms with van der Waals surface area (Å²) in [5, 5.41) is 14.6. The first-order valence-corrected chi connectivity index (χ1v) is 6.39. The van der Waals surface area contributed by atoms with Gasteiger partial charge in [-0.1, -0.05) is 12.1 Å². The molecule has 2 rings (SSSR count). The highest BCUT2D eigenvalue weighted by molar-refractivity contribution is 9.10. The molecule has 2 aromatic rings. The van der Waals surface area contributed by atoms with E-state index < -0.39 is 4.92 Å². The molecule has 0 fully saturated rings. The minimum Gasteiger partial charge on any atom is -0.497 e. The van der Waals surface area contributed by atoms with Crippen molar-refractivity contribution in [3.8, 4) is 5.75 Å². The molecule has 0 atom stereocenters.